The molecule has 66 valence electrons. The van der Waals surface area contributed by atoms with Crippen molar-refractivity contribution in [1.29, 1.82) is 0 Å². The molecule has 0 saturated heterocycles. The predicted molar refractivity (Wildman–Crippen MR) is 54.8 cm³/mol. The van der Waals surface area contributed by atoms with E-state index in [1.54, 1.807) is 6.08 Å². The Morgan fingerprint density at radius 3 is 1.91 bits per heavy atom. The second-order valence-corrected chi connectivity index (χ2v) is 3.30. The molecule has 0 fully saturated rings. The minimum atomic E-state index is 0.826. The van der Waals surface area contributed by atoms with E-state index in [4.69, 9.17) is 0 Å². The van der Waals surface area contributed by atoms with E-state index in [0.29, 0.717) is 0 Å². The number of hydrogen-bond acceptors (Lipinski definition) is 0. The molecule has 0 nitrogen and oxygen atoms in total. The van der Waals surface area contributed by atoms with E-state index in [-0.39, 0.29) is 0 Å². The summed E-state index contributed by atoms with van der Waals surface area (Å²) in [6.45, 7) is 15.6. The van der Waals surface area contributed by atoms with Crippen LogP contribution in [-0.2, 0) is 0 Å². The first-order chi connectivity index (χ1) is 5.04. The molecular formula is C11H22. The summed E-state index contributed by atoms with van der Waals surface area (Å²) in [5.41, 5.74) is 1.30. The molecule has 0 aliphatic rings. The highest BCUT2D eigenvalue weighted by Gasteiger charge is 1.91. The van der Waals surface area contributed by atoms with Crippen molar-refractivity contribution in [2.24, 2.45) is 5.92 Å². The minimum Gasteiger partial charge on any atom is -0.103 e. The van der Waals surface area contributed by atoms with Gasteiger partial charge in [0.1, 0.15) is 0 Å². The number of rotatable bonds is 3. The fourth-order valence-corrected chi connectivity index (χ4v) is 0.535. The van der Waals surface area contributed by atoms with Gasteiger partial charge in [-0.25, -0.2) is 0 Å². The van der Waals surface area contributed by atoms with Gasteiger partial charge in [0.15, 0.2) is 0 Å². The molecule has 0 aromatic carbocycles. The van der Waals surface area contributed by atoms with Crippen molar-refractivity contribution in [2.45, 2.75) is 40.5 Å². The summed E-state index contributed by atoms with van der Waals surface area (Å²) < 4.78 is 0. The van der Waals surface area contributed by atoms with Crippen molar-refractivity contribution in [3.05, 3.63) is 24.8 Å². The Bertz CT molecular complexity index is 98.6. The molecule has 0 radical (unpaired) electrons. The molecule has 0 N–H and O–H groups in total. The third kappa shape index (κ3) is 26.4. The third-order valence-electron chi connectivity index (χ3n) is 1.15. The zero-order chi connectivity index (χ0) is 9.28. The van der Waals surface area contributed by atoms with Gasteiger partial charge in [-0.3, -0.25) is 0 Å². The standard InChI is InChI=1S/C8H16.C3H6/c1-7(2)5-6-8(3)4;1-3-2/h8H,1,5-6H2,2-4H3;3H,1H2,2H3. The van der Waals surface area contributed by atoms with Crippen molar-refractivity contribution >= 4 is 0 Å². The van der Waals surface area contributed by atoms with Crippen LogP contribution in [0.3, 0.4) is 0 Å². The van der Waals surface area contributed by atoms with E-state index in [1.165, 1.54) is 18.4 Å². The van der Waals surface area contributed by atoms with E-state index < -0.39 is 0 Å². The number of hydrogen-bond donors (Lipinski definition) is 0. The Labute approximate surface area is 72.0 Å². The largest absolute Gasteiger partial charge is 0.103 e. The van der Waals surface area contributed by atoms with Gasteiger partial charge in [0.05, 0.1) is 0 Å². The Morgan fingerprint density at radius 2 is 1.82 bits per heavy atom. The van der Waals surface area contributed by atoms with Crippen molar-refractivity contribution < 1.29 is 0 Å². The molecule has 0 aliphatic heterocycles. The predicted octanol–water partition coefficient (Wildman–Crippen LogP) is 4.19. The fraction of sp³-hybridized carbons (Fsp3) is 0.636. The van der Waals surface area contributed by atoms with Crippen LogP contribution in [0.2, 0.25) is 0 Å². The van der Waals surface area contributed by atoms with Gasteiger partial charge in [-0.1, -0.05) is 25.5 Å². The van der Waals surface area contributed by atoms with E-state index in [9.17, 15) is 0 Å². The zero-order valence-electron chi connectivity index (χ0n) is 8.48. The molecule has 11 heavy (non-hydrogen) atoms. The molecule has 0 aromatic heterocycles. The van der Waals surface area contributed by atoms with Crippen LogP contribution < -0.4 is 0 Å². The molecule has 0 aliphatic carbocycles. The first kappa shape index (κ1) is 13.1. The lowest BCUT2D eigenvalue weighted by molar-refractivity contribution is 0.585. The molecule has 0 rings (SSSR count). The van der Waals surface area contributed by atoms with Gasteiger partial charge < -0.3 is 0 Å². The highest BCUT2D eigenvalue weighted by molar-refractivity contribution is 4.87. The van der Waals surface area contributed by atoms with Crippen LogP contribution >= 0.6 is 0 Å². The van der Waals surface area contributed by atoms with Gasteiger partial charge in [0.2, 0.25) is 0 Å². The summed E-state index contributed by atoms with van der Waals surface area (Å²) in [4.78, 5) is 0. The monoisotopic (exact) mass is 154 g/mol. The topological polar surface area (TPSA) is 0 Å². The normalized spacial score (nSPS) is 8.45. The maximum Gasteiger partial charge on any atom is -0.0323 e. The van der Waals surface area contributed by atoms with Crippen LogP contribution in [0.15, 0.2) is 24.8 Å². The van der Waals surface area contributed by atoms with Crippen LogP contribution in [0.1, 0.15) is 40.5 Å². The second kappa shape index (κ2) is 9.48. The van der Waals surface area contributed by atoms with Crippen LogP contribution in [0.5, 0.6) is 0 Å². The highest BCUT2D eigenvalue weighted by atomic mass is 14.0. The molecule has 0 atom stereocenters. The summed E-state index contributed by atoms with van der Waals surface area (Å²) in [5, 5.41) is 0. The average Bonchev–Trinajstić information content (AvgIpc) is 1.85. The first-order valence-electron chi connectivity index (χ1n) is 4.26. The first-order valence-corrected chi connectivity index (χ1v) is 4.26. The van der Waals surface area contributed by atoms with Crippen LogP contribution in [-0.4, -0.2) is 0 Å². The molecule has 0 bridgehead atoms. The molecule has 0 heteroatoms. The summed E-state index contributed by atoms with van der Waals surface area (Å²) in [6, 6.07) is 0. The summed E-state index contributed by atoms with van der Waals surface area (Å²) in [6.07, 6.45) is 4.23. The molecule has 0 spiro atoms. The van der Waals surface area contributed by atoms with Gasteiger partial charge in [-0.2, -0.15) is 0 Å². The van der Waals surface area contributed by atoms with Crippen LogP contribution in [0.4, 0.5) is 0 Å². The Balaban J connectivity index is 0. The van der Waals surface area contributed by atoms with E-state index >= 15 is 0 Å². The number of allylic oxidation sites excluding steroid dienone is 2. The second-order valence-electron chi connectivity index (χ2n) is 3.30. The van der Waals surface area contributed by atoms with Crippen molar-refractivity contribution in [1.82, 2.24) is 0 Å². The lowest BCUT2D eigenvalue weighted by Crippen LogP contribution is -1.85. The maximum atomic E-state index is 3.83. The molecule has 0 saturated carbocycles. The molecule has 0 unspecified atom stereocenters. The van der Waals surface area contributed by atoms with Crippen LogP contribution in [0.25, 0.3) is 0 Å². The van der Waals surface area contributed by atoms with Crippen molar-refractivity contribution in [3.63, 3.8) is 0 Å². The van der Waals surface area contributed by atoms with Gasteiger partial charge in [0.25, 0.3) is 0 Å². The summed E-state index contributed by atoms with van der Waals surface area (Å²) in [5.74, 6) is 0.826. The third-order valence-corrected chi connectivity index (χ3v) is 1.15. The van der Waals surface area contributed by atoms with Gasteiger partial charge in [-0.15, -0.1) is 13.2 Å². The maximum absolute atomic E-state index is 3.83. The zero-order valence-corrected chi connectivity index (χ0v) is 8.48. The average molecular weight is 154 g/mol. The smallest absolute Gasteiger partial charge is 0.0323 e. The van der Waals surface area contributed by atoms with Crippen molar-refractivity contribution in [2.75, 3.05) is 0 Å². The fourth-order valence-electron chi connectivity index (χ4n) is 0.535. The Kier molecular flexibility index (Phi) is 11.3. The van der Waals surface area contributed by atoms with Gasteiger partial charge in [0, 0.05) is 0 Å². The quantitative estimate of drug-likeness (QED) is 0.535. The summed E-state index contributed by atoms with van der Waals surface area (Å²) >= 11 is 0. The molecule has 0 heterocycles. The molecule has 0 amide bonds. The SMILES string of the molecule is C=C(C)CCC(C)C.C=CC. The molecule has 0 aromatic rings. The highest BCUT2D eigenvalue weighted by Crippen LogP contribution is 2.07. The van der Waals surface area contributed by atoms with Crippen molar-refractivity contribution in [3.8, 4) is 0 Å². The molecular weight excluding hydrogens is 132 g/mol. The van der Waals surface area contributed by atoms with Crippen LogP contribution in [0, 0.1) is 5.92 Å². The Morgan fingerprint density at radius 1 is 1.45 bits per heavy atom. The van der Waals surface area contributed by atoms with E-state index in [1.807, 2.05) is 6.92 Å². The lowest BCUT2D eigenvalue weighted by Gasteiger charge is -2.01. The minimum absolute atomic E-state index is 0.826. The van der Waals surface area contributed by atoms with E-state index in [0.717, 1.165) is 5.92 Å². The van der Waals surface area contributed by atoms with Gasteiger partial charge >= 0.3 is 0 Å². The van der Waals surface area contributed by atoms with Gasteiger partial charge in [-0.05, 0) is 32.6 Å². The Hall–Kier alpha value is -0.520. The van der Waals surface area contributed by atoms with E-state index in [2.05, 4.69) is 33.9 Å². The summed E-state index contributed by atoms with van der Waals surface area (Å²) in [7, 11) is 0. The lowest BCUT2D eigenvalue weighted by atomic mass is 10.1.